The lowest BCUT2D eigenvalue weighted by Crippen LogP contribution is -2.46. The number of unbranched alkanes of at least 4 members (excludes halogenated alkanes) is 1. The van der Waals surface area contributed by atoms with Gasteiger partial charge in [-0.1, -0.05) is 6.92 Å². The Hall–Kier alpha value is -5.97. The van der Waals surface area contributed by atoms with Crippen molar-refractivity contribution in [3.8, 4) is 12.3 Å². The van der Waals surface area contributed by atoms with Crippen LogP contribution in [0.15, 0.2) is 53.6 Å². The van der Waals surface area contributed by atoms with Gasteiger partial charge in [0.05, 0.1) is 50.6 Å². The molecule has 0 aliphatic carbocycles. The number of thioether (sulfide) groups is 1. The summed E-state index contributed by atoms with van der Waals surface area (Å²) in [6.45, 7) is 14.2. The molecule has 4 aromatic heterocycles. The number of aromatic nitrogens is 6. The van der Waals surface area contributed by atoms with Crippen molar-refractivity contribution in [1.29, 1.82) is 0 Å². The number of hydrogen-bond acceptors (Lipinski definition) is 16. The second-order valence-corrected chi connectivity index (χ2v) is 15.0. The summed E-state index contributed by atoms with van der Waals surface area (Å²) in [4.78, 5) is 77.8. The number of hydrogen-bond donors (Lipinski definition) is 3. The molecule has 0 aliphatic rings. The number of amides is 2. The minimum atomic E-state index is -0.512. The fourth-order valence-corrected chi connectivity index (χ4v) is 7.11. The number of imidazole rings is 1. The summed E-state index contributed by atoms with van der Waals surface area (Å²) < 4.78 is 6.12. The van der Waals surface area contributed by atoms with Crippen LogP contribution >= 0.6 is 23.1 Å². The third-order valence-electron chi connectivity index (χ3n) is 8.58. The first-order valence-corrected chi connectivity index (χ1v) is 21.1. The summed E-state index contributed by atoms with van der Waals surface area (Å²) in [6, 6.07) is 3.53. The zero-order valence-corrected chi connectivity index (χ0v) is 36.6. The fourth-order valence-electron chi connectivity index (χ4n) is 5.47. The SMILES string of the molecule is C#CCCCOC(=O)n1cnc(CC=O)c1.C=N/C(=C\SCNc1ccc(C(=O)N(CC)C(CC)CN(C)c2ncc(C(=O)NCCNC)cn2)cn1)c1sc(C)nc1C. The van der Waals surface area contributed by atoms with Crippen LogP contribution in [0.4, 0.5) is 16.6 Å². The molecule has 2 amide bonds. The number of rotatable bonds is 22. The Kier molecular flexibility index (Phi) is 21.1. The van der Waals surface area contributed by atoms with Gasteiger partial charge in [-0.25, -0.2) is 34.3 Å². The van der Waals surface area contributed by atoms with Crippen LogP contribution in [0.2, 0.25) is 0 Å². The van der Waals surface area contributed by atoms with Gasteiger partial charge >= 0.3 is 6.09 Å². The second-order valence-electron chi connectivity index (χ2n) is 13.0. The summed E-state index contributed by atoms with van der Waals surface area (Å²) in [5.41, 5.74) is 3.21. The van der Waals surface area contributed by atoms with Crippen molar-refractivity contribution in [3.05, 3.63) is 81.1 Å². The van der Waals surface area contributed by atoms with Crippen molar-refractivity contribution in [2.45, 2.75) is 59.4 Å². The molecule has 0 bridgehead atoms. The van der Waals surface area contributed by atoms with Gasteiger partial charge in [0.2, 0.25) is 5.95 Å². The molecule has 1 unspecified atom stereocenters. The Morgan fingerprint density at radius 1 is 1.12 bits per heavy atom. The topological polar surface area (TPSA) is 202 Å². The number of carbonyl (C=O) groups excluding carboxylic acids is 4. The van der Waals surface area contributed by atoms with Crippen molar-refractivity contribution in [3.63, 3.8) is 0 Å². The van der Waals surface area contributed by atoms with E-state index in [1.807, 2.05) is 56.1 Å². The molecule has 3 N–H and O–H groups in total. The Morgan fingerprint density at radius 3 is 2.47 bits per heavy atom. The van der Waals surface area contributed by atoms with E-state index in [4.69, 9.17) is 11.2 Å². The molecule has 0 saturated heterocycles. The molecule has 1 atom stereocenters. The van der Waals surface area contributed by atoms with Gasteiger partial charge in [-0.05, 0) is 64.9 Å². The smallest absolute Gasteiger partial charge is 0.419 e. The van der Waals surface area contributed by atoms with Gasteiger partial charge in [0.15, 0.2) is 0 Å². The maximum absolute atomic E-state index is 13.5. The number of nitrogens with zero attached hydrogens (tertiary/aromatic N) is 9. The van der Waals surface area contributed by atoms with E-state index >= 15 is 0 Å². The molecule has 60 heavy (non-hydrogen) atoms. The van der Waals surface area contributed by atoms with E-state index in [9.17, 15) is 19.2 Å². The Bertz CT molecular complexity index is 2060. The molecular weight excluding hydrogens is 805 g/mol. The predicted molar refractivity (Wildman–Crippen MR) is 239 cm³/mol. The van der Waals surface area contributed by atoms with E-state index < -0.39 is 6.09 Å². The van der Waals surface area contributed by atoms with E-state index in [-0.39, 0.29) is 30.9 Å². The molecule has 0 saturated carbocycles. The van der Waals surface area contributed by atoms with Crippen LogP contribution < -0.4 is 20.9 Å². The normalized spacial score (nSPS) is 11.3. The second kappa shape index (κ2) is 26.2. The van der Waals surface area contributed by atoms with Crippen molar-refractivity contribution in [2.24, 2.45) is 4.99 Å². The lowest BCUT2D eigenvalue weighted by molar-refractivity contribution is -0.107. The van der Waals surface area contributed by atoms with Gasteiger partial charge in [0.1, 0.15) is 18.4 Å². The lowest BCUT2D eigenvalue weighted by atomic mass is 10.1. The van der Waals surface area contributed by atoms with Crippen molar-refractivity contribution < 1.29 is 23.9 Å². The Labute approximate surface area is 360 Å². The van der Waals surface area contributed by atoms with Gasteiger partial charge in [0, 0.05) is 76.9 Å². The third kappa shape index (κ3) is 15.3. The molecule has 320 valence electrons. The summed E-state index contributed by atoms with van der Waals surface area (Å²) >= 11 is 3.15. The quantitative estimate of drug-likeness (QED) is 0.0310. The molecule has 0 radical (unpaired) electrons. The number of terminal acetylenes is 1. The number of likely N-dealkylation sites (N-methyl/N-ethyl adjacent to an activating group) is 3. The van der Waals surface area contributed by atoms with E-state index in [0.29, 0.717) is 73.5 Å². The zero-order valence-electron chi connectivity index (χ0n) is 35.0. The molecule has 0 aliphatic heterocycles. The molecule has 0 fully saturated rings. The summed E-state index contributed by atoms with van der Waals surface area (Å²) in [5, 5.41) is 12.0. The number of ether oxygens (including phenoxy) is 1. The van der Waals surface area contributed by atoms with Crippen molar-refractivity contribution in [1.82, 2.24) is 45.0 Å². The number of nitrogens with one attached hydrogen (secondary N) is 3. The minimum Gasteiger partial charge on any atom is -0.449 e. The van der Waals surface area contributed by atoms with Crippen LogP contribution in [-0.4, -0.2) is 124 Å². The van der Waals surface area contributed by atoms with Crippen LogP contribution in [0.5, 0.6) is 0 Å². The minimum absolute atomic E-state index is 0.0785. The van der Waals surface area contributed by atoms with E-state index in [1.165, 1.54) is 29.5 Å². The highest BCUT2D eigenvalue weighted by atomic mass is 32.2. The number of aryl methyl sites for hydroxylation is 2. The van der Waals surface area contributed by atoms with Crippen LogP contribution in [-0.2, 0) is 16.0 Å². The van der Waals surface area contributed by atoms with Gasteiger partial charge in [-0.15, -0.1) is 35.4 Å². The maximum atomic E-state index is 13.5. The number of carbonyl (C=O) groups is 4. The fraction of sp³-hybridized carbons (Fsp3) is 0.415. The molecular formula is C41H54N12O5S2. The highest BCUT2D eigenvalue weighted by Crippen LogP contribution is 2.28. The van der Waals surface area contributed by atoms with Gasteiger partial charge < -0.3 is 35.3 Å². The van der Waals surface area contributed by atoms with Crippen LogP contribution in [0.3, 0.4) is 0 Å². The maximum Gasteiger partial charge on any atom is 0.419 e. The number of aldehydes is 1. The van der Waals surface area contributed by atoms with E-state index in [2.05, 4.69) is 65.4 Å². The number of pyridine rings is 1. The monoisotopic (exact) mass is 858 g/mol. The lowest BCUT2D eigenvalue weighted by Gasteiger charge is -2.33. The zero-order chi connectivity index (χ0) is 43.9. The first kappa shape index (κ1) is 48.4. The molecule has 4 aromatic rings. The summed E-state index contributed by atoms with van der Waals surface area (Å²) in [7, 11) is 3.71. The molecule has 4 rings (SSSR count). The molecule has 0 aromatic carbocycles. The highest BCUT2D eigenvalue weighted by molar-refractivity contribution is 8.02. The highest BCUT2D eigenvalue weighted by Gasteiger charge is 2.25. The van der Waals surface area contributed by atoms with Gasteiger partial charge in [0.25, 0.3) is 11.8 Å². The van der Waals surface area contributed by atoms with Crippen LogP contribution in [0, 0.1) is 26.2 Å². The average Bonchev–Trinajstić information content (AvgIpc) is 3.87. The molecule has 19 heteroatoms. The Balaban J connectivity index is 0.000000502. The largest absolute Gasteiger partial charge is 0.449 e. The molecule has 0 spiro atoms. The third-order valence-corrected chi connectivity index (χ3v) is 10.4. The molecule has 4 heterocycles. The number of aliphatic imine (C=N–C) groups is 1. The average molecular weight is 859 g/mol. The summed E-state index contributed by atoms with van der Waals surface area (Å²) in [6.07, 6.45) is 14.9. The van der Waals surface area contributed by atoms with Crippen LogP contribution in [0.25, 0.3) is 5.70 Å². The van der Waals surface area contributed by atoms with Gasteiger partial charge in [-0.2, -0.15) is 0 Å². The van der Waals surface area contributed by atoms with Crippen molar-refractivity contribution >= 4 is 71.5 Å². The Morgan fingerprint density at radius 2 is 1.87 bits per heavy atom. The van der Waals surface area contributed by atoms with Gasteiger partial charge in [-0.3, -0.25) is 14.6 Å². The molecule has 17 nitrogen and oxygen atoms in total. The van der Waals surface area contributed by atoms with E-state index in [0.717, 1.165) is 34.0 Å². The first-order valence-electron chi connectivity index (χ1n) is 19.3. The van der Waals surface area contributed by atoms with Crippen molar-refractivity contribution in [2.75, 3.05) is 63.0 Å². The number of thiazole rings is 1. The summed E-state index contributed by atoms with van der Waals surface area (Å²) in [5.74, 6) is 3.88. The van der Waals surface area contributed by atoms with E-state index in [1.54, 1.807) is 35.4 Å². The standard InChI is InChI=1S/C30H42N10O2S2.C11H12N2O3/c1-8-24(17-39(7)30-35-15-23(16-36-30)28(41)33-13-12-31-5)40(9-2)29(42)22-10-11-26(34-14-22)37-19-43-18-25(32-6)27-20(3)38-21(4)44-27;1-2-3-4-7-16-11(15)13-8-10(5-6-14)12-9-13/h10-11,14-16,18,24,31H,6,8-9,12-13,17,19H2,1-5,7H3,(H,33,41)(H,34,37);1,6,8-9H,3-5,7H2/b25-18-;. The van der Waals surface area contributed by atoms with Crippen LogP contribution in [0.1, 0.15) is 75.1 Å². The first-order chi connectivity index (χ1) is 29.0. The number of anilines is 2. The predicted octanol–water partition coefficient (Wildman–Crippen LogP) is 5.10.